The summed E-state index contributed by atoms with van der Waals surface area (Å²) in [7, 11) is 0. The highest BCUT2D eigenvalue weighted by Gasteiger charge is 2.22. The lowest BCUT2D eigenvalue weighted by Gasteiger charge is -2.14. The summed E-state index contributed by atoms with van der Waals surface area (Å²) in [6, 6.07) is 51.9. The van der Waals surface area contributed by atoms with E-state index in [4.69, 9.17) is 9.97 Å². The molecular weight excluding hydrogens is 585 g/mol. The third-order valence-electron chi connectivity index (χ3n) is 9.80. The van der Waals surface area contributed by atoms with Gasteiger partial charge in [-0.1, -0.05) is 115 Å². The maximum atomic E-state index is 5.27. The first-order chi connectivity index (χ1) is 23.8. The molecule has 9 aromatic rings. The number of rotatable bonds is 4. The number of hydrogen-bond acceptors (Lipinski definition) is 2. The van der Waals surface area contributed by atoms with Crippen LogP contribution in [0.25, 0.3) is 83.7 Å². The van der Waals surface area contributed by atoms with Crippen molar-refractivity contribution >= 4 is 49.7 Å². The molecule has 3 heterocycles. The van der Waals surface area contributed by atoms with E-state index >= 15 is 0 Å². The van der Waals surface area contributed by atoms with Gasteiger partial charge in [0.15, 0.2) is 0 Å². The van der Waals surface area contributed by atoms with Gasteiger partial charge in [0, 0.05) is 44.1 Å². The molecule has 0 amide bonds. The van der Waals surface area contributed by atoms with Crippen molar-refractivity contribution in [1.29, 1.82) is 0 Å². The molecule has 1 aliphatic carbocycles. The van der Waals surface area contributed by atoms with Crippen LogP contribution in [0.15, 0.2) is 152 Å². The summed E-state index contributed by atoms with van der Waals surface area (Å²) in [6.45, 7) is 0. The number of fused-ring (bicyclic) bond motifs is 7. The molecule has 0 fully saturated rings. The molecule has 0 unspecified atom stereocenters. The Kier molecular flexibility index (Phi) is 5.97. The first-order valence-corrected chi connectivity index (χ1v) is 16.6. The van der Waals surface area contributed by atoms with Crippen LogP contribution >= 0.6 is 0 Å². The predicted molar refractivity (Wildman–Crippen MR) is 199 cm³/mol. The number of nitrogens with zero attached hydrogens (tertiary/aromatic N) is 4. The topological polar surface area (TPSA) is 35.6 Å². The molecule has 0 saturated carbocycles. The minimum absolute atomic E-state index is 0.718. The Hall–Kier alpha value is -6.26. The van der Waals surface area contributed by atoms with Crippen LogP contribution in [-0.2, 0) is 6.42 Å². The summed E-state index contributed by atoms with van der Waals surface area (Å²) in [4.78, 5) is 10.4. The van der Waals surface area contributed by atoms with E-state index in [-0.39, 0.29) is 0 Å². The Bertz CT molecular complexity index is 2710. The lowest BCUT2D eigenvalue weighted by molar-refractivity contribution is 0.852. The molecule has 0 N–H and O–H groups in total. The zero-order chi connectivity index (χ0) is 31.6. The largest absolute Gasteiger partial charge is 0.309 e. The Morgan fingerprint density at radius 2 is 1.17 bits per heavy atom. The highest BCUT2D eigenvalue weighted by Crippen LogP contribution is 2.39. The summed E-state index contributed by atoms with van der Waals surface area (Å²) >= 11 is 0. The van der Waals surface area contributed by atoms with Crippen LogP contribution in [0.4, 0.5) is 0 Å². The standard InChI is InChI=1S/C44H30N4/c1-3-13-29(14-4-1)43-36-19-7-10-20-38(36)45-44(46-43)48-40-22-12-9-18-34(40)37-27-30(24-26-41(37)48)31-23-25-35-33-17-8-11-21-39(33)47(42(35)28-31)32-15-5-2-6-16-32/h1-11,13-21,23-28H,12,22H2. The minimum Gasteiger partial charge on any atom is -0.309 e. The van der Waals surface area contributed by atoms with Crippen molar-refractivity contribution in [2.45, 2.75) is 12.8 Å². The number of benzene rings is 6. The fourth-order valence-electron chi connectivity index (χ4n) is 7.62. The highest BCUT2D eigenvalue weighted by atomic mass is 15.2. The first kappa shape index (κ1) is 26.9. The van der Waals surface area contributed by atoms with E-state index in [0.717, 1.165) is 52.2 Å². The second-order valence-corrected chi connectivity index (χ2v) is 12.5. The van der Waals surface area contributed by atoms with Crippen LogP contribution in [-0.4, -0.2) is 19.1 Å². The van der Waals surface area contributed by atoms with Crippen LogP contribution in [0, 0.1) is 0 Å². The molecule has 10 rings (SSSR count). The molecule has 48 heavy (non-hydrogen) atoms. The molecule has 3 aromatic heterocycles. The predicted octanol–water partition coefficient (Wildman–Crippen LogP) is 11.0. The molecule has 0 radical (unpaired) electrons. The summed E-state index contributed by atoms with van der Waals surface area (Å²) in [5.74, 6) is 0.718. The van der Waals surface area contributed by atoms with Gasteiger partial charge in [-0.2, -0.15) is 0 Å². The van der Waals surface area contributed by atoms with Crippen LogP contribution < -0.4 is 0 Å². The van der Waals surface area contributed by atoms with Gasteiger partial charge in [-0.25, -0.2) is 9.97 Å². The Labute approximate surface area is 277 Å². The van der Waals surface area contributed by atoms with Gasteiger partial charge in [0.05, 0.1) is 27.8 Å². The van der Waals surface area contributed by atoms with Gasteiger partial charge in [-0.15, -0.1) is 0 Å². The van der Waals surface area contributed by atoms with Gasteiger partial charge in [0.2, 0.25) is 5.95 Å². The molecule has 226 valence electrons. The van der Waals surface area contributed by atoms with E-state index in [9.17, 15) is 0 Å². The zero-order valence-electron chi connectivity index (χ0n) is 26.2. The van der Waals surface area contributed by atoms with Crippen molar-refractivity contribution in [2.24, 2.45) is 0 Å². The van der Waals surface area contributed by atoms with E-state index in [1.807, 2.05) is 6.07 Å². The molecule has 4 nitrogen and oxygen atoms in total. The van der Waals surface area contributed by atoms with Crippen molar-refractivity contribution in [3.05, 3.63) is 163 Å². The van der Waals surface area contributed by atoms with E-state index in [0.29, 0.717) is 0 Å². The Balaban J connectivity index is 1.18. The van der Waals surface area contributed by atoms with Crippen molar-refractivity contribution in [3.8, 4) is 34.0 Å². The van der Waals surface area contributed by atoms with Gasteiger partial charge in [0.1, 0.15) is 0 Å². The van der Waals surface area contributed by atoms with Crippen molar-refractivity contribution in [3.63, 3.8) is 0 Å². The molecule has 1 aliphatic rings. The van der Waals surface area contributed by atoms with Crippen LogP contribution in [0.3, 0.4) is 0 Å². The molecule has 0 saturated heterocycles. The van der Waals surface area contributed by atoms with E-state index in [1.54, 1.807) is 0 Å². The second-order valence-electron chi connectivity index (χ2n) is 12.5. The van der Waals surface area contributed by atoms with Gasteiger partial charge < -0.3 is 4.57 Å². The van der Waals surface area contributed by atoms with Crippen LogP contribution in [0.5, 0.6) is 0 Å². The summed E-state index contributed by atoms with van der Waals surface area (Å²) in [5.41, 5.74) is 12.6. The fraction of sp³-hybridized carbons (Fsp3) is 0.0455. The lowest BCUT2D eigenvalue weighted by Crippen LogP contribution is -2.08. The number of para-hydroxylation sites is 3. The highest BCUT2D eigenvalue weighted by molar-refractivity contribution is 6.10. The summed E-state index contributed by atoms with van der Waals surface area (Å²) in [6.07, 6.45) is 6.52. The molecular formula is C44H30N4. The summed E-state index contributed by atoms with van der Waals surface area (Å²) in [5, 5.41) is 4.80. The van der Waals surface area contributed by atoms with Gasteiger partial charge in [-0.05, 0) is 66.4 Å². The fourth-order valence-corrected chi connectivity index (χ4v) is 7.62. The monoisotopic (exact) mass is 614 g/mol. The normalized spacial score (nSPS) is 12.8. The van der Waals surface area contributed by atoms with Crippen molar-refractivity contribution in [2.75, 3.05) is 0 Å². The number of hydrogen-bond donors (Lipinski definition) is 0. The third kappa shape index (κ3) is 4.09. The number of allylic oxidation sites excluding steroid dienone is 1. The van der Waals surface area contributed by atoms with E-state index in [2.05, 4.69) is 161 Å². The number of aromatic nitrogens is 4. The lowest BCUT2D eigenvalue weighted by atomic mass is 9.98. The van der Waals surface area contributed by atoms with Gasteiger partial charge >= 0.3 is 0 Å². The first-order valence-electron chi connectivity index (χ1n) is 16.6. The Morgan fingerprint density at radius 3 is 2.04 bits per heavy atom. The molecule has 6 aromatic carbocycles. The molecule has 0 atom stereocenters. The molecule has 0 bridgehead atoms. The van der Waals surface area contributed by atoms with Crippen LogP contribution in [0.1, 0.15) is 17.7 Å². The smallest absolute Gasteiger partial charge is 0.235 e. The average molecular weight is 615 g/mol. The van der Waals surface area contributed by atoms with Gasteiger partial charge in [0.25, 0.3) is 0 Å². The second kappa shape index (κ2) is 10.6. The average Bonchev–Trinajstić information content (AvgIpc) is 3.67. The minimum atomic E-state index is 0.718. The SMILES string of the molecule is C1=Cc2c(n(-c3nc(-c4ccccc4)c4ccccc4n3)c3ccc(-c4ccc5c6ccccc6n(-c6ccccc6)c5c4)cc23)CC1. The van der Waals surface area contributed by atoms with Crippen molar-refractivity contribution in [1.82, 2.24) is 19.1 Å². The maximum Gasteiger partial charge on any atom is 0.235 e. The van der Waals surface area contributed by atoms with Crippen molar-refractivity contribution < 1.29 is 0 Å². The Morgan fingerprint density at radius 1 is 0.479 bits per heavy atom. The van der Waals surface area contributed by atoms with Gasteiger partial charge in [-0.3, -0.25) is 4.57 Å². The molecule has 0 spiro atoms. The molecule has 4 heteroatoms. The molecule has 0 aliphatic heterocycles. The third-order valence-corrected chi connectivity index (χ3v) is 9.80. The maximum absolute atomic E-state index is 5.27. The summed E-state index contributed by atoms with van der Waals surface area (Å²) < 4.78 is 4.68. The zero-order valence-corrected chi connectivity index (χ0v) is 26.2. The van der Waals surface area contributed by atoms with Crippen LogP contribution in [0.2, 0.25) is 0 Å². The van der Waals surface area contributed by atoms with E-state index in [1.165, 1.54) is 49.6 Å². The van der Waals surface area contributed by atoms with E-state index < -0.39 is 0 Å². The quantitative estimate of drug-likeness (QED) is 0.198.